The molecule has 3 aromatic rings. The summed E-state index contributed by atoms with van der Waals surface area (Å²) in [6, 6.07) is 12.9. The molecule has 0 saturated heterocycles. The highest BCUT2D eigenvalue weighted by atomic mass is 16.3. The Labute approximate surface area is 87.2 Å². The van der Waals surface area contributed by atoms with Gasteiger partial charge in [-0.15, -0.1) is 0 Å². The van der Waals surface area contributed by atoms with Crippen LogP contribution in [0.15, 0.2) is 53.4 Å². The largest absolute Gasteiger partial charge is 0.464 e. The van der Waals surface area contributed by atoms with Crippen LogP contribution >= 0.6 is 0 Å². The molecule has 0 amide bonds. The Morgan fingerprint density at radius 1 is 1.20 bits per heavy atom. The summed E-state index contributed by atoms with van der Waals surface area (Å²) >= 11 is 0. The second-order valence-electron chi connectivity index (χ2n) is 3.29. The van der Waals surface area contributed by atoms with Crippen molar-refractivity contribution in [3.05, 3.63) is 55.1 Å². The van der Waals surface area contributed by atoms with E-state index in [0.29, 0.717) is 0 Å². The molecule has 2 nitrogen and oxygen atoms in total. The average Bonchev–Trinajstić information content (AvgIpc) is 2.78. The highest BCUT2D eigenvalue weighted by molar-refractivity contribution is 5.93. The molecule has 2 heteroatoms. The fourth-order valence-corrected chi connectivity index (χ4v) is 1.68. The Morgan fingerprint density at radius 2 is 2.20 bits per heavy atom. The summed E-state index contributed by atoms with van der Waals surface area (Å²) in [5.74, 6) is 0. The van der Waals surface area contributed by atoms with Crippen molar-refractivity contribution in [2.75, 3.05) is 0 Å². The van der Waals surface area contributed by atoms with Crippen LogP contribution in [0.25, 0.3) is 22.1 Å². The van der Waals surface area contributed by atoms with Gasteiger partial charge in [0.1, 0.15) is 5.58 Å². The first-order valence-electron chi connectivity index (χ1n) is 4.73. The molecule has 0 saturated carbocycles. The van der Waals surface area contributed by atoms with E-state index in [2.05, 4.69) is 11.1 Å². The van der Waals surface area contributed by atoms with Gasteiger partial charge in [-0.2, -0.15) is 0 Å². The monoisotopic (exact) mass is 194 g/mol. The molecule has 0 atom stereocenters. The van der Waals surface area contributed by atoms with Crippen LogP contribution < -0.4 is 0 Å². The molecule has 0 spiro atoms. The first-order valence-corrected chi connectivity index (χ1v) is 4.73. The van der Waals surface area contributed by atoms with E-state index in [4.69, 9.17) is 4.42 Å². The van der Waals surface area contributed by atoms with Crippen molar-refractivity contribution in [2.24, 2.45) is 0 Å². The molecule has 0 bridgehead atoms. The zero-order chi connectivity index (χ0) is 10.1. The summed E-state index contributed by atoms with van der Waals surface area (Å²) in [4.78, 5) is 4.10. The van der Waals surface area contributed by atoms with Crippen LogP contribution in [-0.2, 0) is 0 Å². The lowest BCUT2D eigenvalue weighted by Gasteiger charge is -2.00. The highest BCUT2D eigenvalue weighted by Crippen LogP contribution is 2.27. The SMILES string of the molecule is [c]1ccc2occc2c1-c1cccnc1. The maximum atomic E-state index is 5.34. The van der Waals surface area contributed by atoms with E-state index in [0.717, 1.165) is 22.1 Å². The third kappa shape index (κ3) is 1.31. The minimum Gasteiger partial charge on any atom is -0.464 e. The molecule has 15 heavy (non-hydrogen) atoms. The molecule has 0 unspecified atom stereocenters. The first-order chi connectivity index (χ1) is 7.45. The number of rotatable bonds is 1. The molecule has 2 heterocycles. The molecule has 0 N–H and O–H groups in total. The summed E-state index contributed by atoms with van der Waals surface area (Å²) in [6.45, 7) is 0. The molecular weight excluding hydrogens is 186 g/mol. The van der Waals surface area contributed by atoms with Gasteiger partial charge in [-0.05, 0) is 30.3 Å². The quantitative estimate of drug-likeness (QED) is 0.594. The number of fused-ring (bicyclic) bond motifs is 1. The van der Waals surface area contributed by atoms with E-state index in [1.807, 2.05) is 36.5 Å². The first kappa shape index (κ1) is 8.24. The average molecular weight is 194 g/mol. The predicted octanol–water partition coefficient (Wildman–Crippen LogP) is 3.29. The fraction of sp³-hybridized carbons (Fsp3) is 0. The zero-order valence-corrected chi connectivity index (χ0v) is 7.97. The number of furan rings is 1. The topological polar surface area (TPSA) is 26.0 Å². The number of benzene rings is 1. The van der Waals surface area contributed by atoms with Gasteiger partial charge in [0.25, 0.3) is 0 Å². The van der Waals surface area contributed by atoms with Crippen LogP contribution in [-0.4, -0.2) is 4.98 Å². The number of pyridine rings is 1. The second-order valence-corrected chi connectivity index (χ2v) is 3.29. The standard InChI is InChI=1S/C13H8NO/c1-4-11(10-3-2-7-14-9-10)12-6-8-15-13(12)5-1/h1-3,5-9H. The third-order valence-electron chi connectivity index (χ3n) is 2.38. The smallest absolute Gasteiger partial charge is 0.134 e. The van der Waals surface area contributed by atoms with Crippen LogP contribution in [0.3, 0.4) is 0 Å². The van der Waals surface area contributed by atoms with E-state index >= 15 is 0 Å². The van der Waals surface area contributed by atoms with E-state index in [-0.39, 0.29) is 0 Å². The van der Waals surface area contributed by atoms with Gasteiger partial charge in [-0.25, -0.2) is 0 Å². The molecule has 0 aliphatic rings. The van der Waals surface area contributed by atoms with Crippen molar-refractivity contribution in [3.8, 4) is 11.1 Å². The molecular formula is C13H8NO. The summed E-state index contributed by atoms with van der Waals surface area (Å²) in [7, 11) is 0. The Balaban J connectivity index is 2.31. The maximum Gasteiger partial charge on any atom is 0.134 e. The number of hydrogen-bond donors (Lipinski definition) is 0. The summed E-state index contributed by atoms with van der Waals surface area (Å²) in [5.41, 5.74) is 2.98. The van der Waals surface area contributed by atoms with Crippen LogP contribution in [0.2, 0.25) is 0 Å². The van der Waals surface area contributed by atoms with Gasteiger partial charge in [-0.1, -0.05) is 6.07 Å². The fourth-order valence-electron chi connectivity index (χ4n) is 1.68. The van der Waals surface area contributed by atoms with E-state index in [9.17, 15) is 0 Å². The van der Waals surface area contributed by atoms with Crippen molar-refractivity contribution in [1.82, 2.24) is 4.98 Å². The van der Waals surface area contributed by atoms with Gasteiger partial charge in [0.2, 0.25) is 0 Å². The van der Waals surface area contributed by atoms with Gasteiger partial charge in [0, 0.05) is 28.9 Å². The minimum absolute atomic E-state index is 0.882. The third-order valence-corrected chi connectivity index (χ3v) is 2.38. The molecule has 0 aliphatic heterocycles. The summed E-state index contributed by atoms with van der Waals surface area (Å²) in [5, 5.41) is 1.07. The molecule has 0 aliphatic carbocycles. The molecule has 3 rings (SSSR count). The molecule has 1 aromatic carbocycles. The van der Waals surface area contributed by atoms with E-state index in [1.54, 1.807) is 12.5 Å². The lowest BCUT2D eigenvalue weighted by molar-refractivity contribution is 0.616. The minimum atomic E-state index is 0.882. The van der Waals surface area contributed by atoms with Crippen LogP contribution in [0.4, 0.5) is 0 Å². The number of nitrogens with zero attached hydrogens (tertiary/aromatic N) is 1. The van der Waals surface area contributed by atoms with Gasteiger partial charge >= 0.3 is 0 Å². The summed E-state index contributed by atoms with van der Waals surface area (Å²) in [6.07, 6.45) is 5.29. The van der Waals surface area contributed by atoms with Crippen molar-refractivity contribution >= 4 is 11.0 Å². The second kappa shape index (κ2) is 3.24. The predicted molar refractivity (Wildman–Crippen MR) is 58.3 cm³/mol. The van der Waals surface area contributed by atoms with E-state index in [1.165, 1.54) is 0 Å². The van der Waals surface area contributed by atoms with Crippen LogP contribution in [0, 0.1) is 6.07 Å². The molecule has 1 radical (unpaired) electrons. The lowest BCUT2D eigenvalue weighted by atomic mass is 10.0. The lowest BCUT2D eigenvalue weighted by Crippen LogP contribution is -1.79. The number of aromatic nitrogens is 1. The van der Waals surface area contributed by atoms with E-state index < -0.39 is 0 Å². The van der Waals surface area contributed by atoms with Crippen LogP contribution in [0.1, 0.15) is 0 Å². The summed E-state index contributed by atoms with van der Waals surface area (Å²) < 4.78 is 5.34. The Kier molecular flexibility index (Phi) is 1.78. The Bertz CT molecular complexity index is 584. The van der Waals surface area contributed by atoms with Gasteiger partial charge in [0.15, 0.2) is 0 Å². The van der Waals surface area contributed by atoms with Gasteiger partial charge in [-0.3, -0.25) is 4.98 Å². The number of hydrogen-bond acceptors (Lipinski definition) is 2. The molecule has 2 aromatic heterocycles. The van der Waals surface area contributed by atoms with Crippen molar-refractivity contribution < 1.29 is 4.42 Å². The maximum absolute atomic E-state index is 5.34. The Morgan fingerprint density at radius 3 is 3.07 bits per heavy atom. The Hall–Kier alpha value is -2.09. The van der Waals surface area contributed by atoms with Crippen molar-refractivity contribution in [2.45, 2.75) is 0 Å². The zero-order valence-electron chi connectivity index (χ0n) is 7.97. The van der Waals surface area contributed by atoms with Crippen LogP contribution in [0.5, 0.6) is 0 Å². The highest BCUT2D eigenvalue weighted by Gasteiger charge is 2.04. The normalized spacial score (nSPS) is 10.7. The van der Waals surface area contributed by atoms with Crippen molar-refractivity contribution in [3.63, 3.8) is 0 Å². The molecule has 0 fully saturated rings. The molecule has 71 valence electrons. The van der Waals surface area contributed by atoms with Crippen molar-refractivity contribution in [1.29, 1.82) is 0 Å². The van der Waals surface area contributed by atoms with Gasteiger partial charge < -0.3 is 4.42 Å². The van der Waals surface area contributed by atoms with Gasteiger partial charge in [0.05, 0.1) is 6.26 Å².